The Kier molecular flexibility index (Phi) is 5.79. The zero-order valence-corrected chi connectivity index (χ0v) is 14.1. The third-order valence-electron chi connectivity index (χ3n) is 3.37. The summed E-state index contributed by atoms with van der Waals surface area (Å²) in [5.74, 6) is 1.59. The second kappa shape index (κ2) is 6.74. The van der Waals surface area contributed by atoms with E-state index in [4.69, 9.17) is 4.42 Å². The van der Waals surface area contributed by atoms with Crippen molar-refractivity contribution in [1.29, 1.82) is 0 Å². The van der Waals surface area contributed by atoms with Crippen LogP contribution in [0.5, 0.6) is 0 Å². The van der Waals surface area contributed by atoms with Gasteiger partial charge in [0, 0.05) is 25.7 Å². The lowest BCUT2D eigenvalue weighted by Gasteiger charge is -2.18. The van der Waals surface area contributed by atoms with Crippen LogP contribution in [0.2, 0.25) is 0 Å². The average molecular weight is 302 g/mol. The van der Waals surface area contributed by atoms with Crippen LogP contribution in [0.4, 0.5) is 0 Å². The molecule has 5 nitrogen and oxygen atoms in total. The van der Waals surface area contributed by atoms with E-state index >= 15 is 0 Å². The van der Waals surface area contributed by atoms with Crippen LogP contribution >= 0.6 is 0 Å². The monoisotopic (exact) mass is 302 g/mol. The van der Waals surface area contributed by atoms with Crippen molar-refractivity contribution in [3.05, 3.63) is 17.1 Å². The average Bonchev–Trinajstić information content (AvgIpc) is 2.62. The van der Waals surface area contributed by atoms with Crippen LogP contribution in [0.25, 0.3) is 0 Å². The molecule has 0 amide bonds. The maximum Gasteiger partial charge on any atom is 0.246 e. The molecule has 1 heterocycles. The summed E-state index contributed by atoms with van der Waals surface area (Å²) in [7, 11) is -0.0778. The van der Waals surface area contributed by atoms with Crippen molar-refractivity contribution in [3.63, 3.8) is 0 Å². The zero-order valence-electron chi connectivity index (χ0n) is 13.3. The third-order valence-corrected chi connectivity index (χ3v) is 5.42. The maximum atomic E-state index is 12.7. The van der Waals surface area contributed by atoms with Crippen LogP contribution in [-0.2, 0) is 16.6 Å². The summed E-state index contributed by atoms with van der Waals surface area (Å²) in [6.45, 7) is 8.67. The number of furan rings is 1. The number of hydrogen-bond acceptors (Lipinski definition) is 4. The minimum Gasteiger partial charge on any atom is -0.465 e. The van der Waals surface area contributed by atoms with E-state index in [9.17, 15) is 8.42 Å². The molecule has 0 spiro atoms. The van der Waals surface area contributed by atoms with Gasteiger partial charge in [-0.3, -0.25) is 0 Å². The predicted octanol–water partition coefficient (Wildman–Crippen LogP) is 2.28. The lowest BCUT2D eigenvalue weighted by molar-refractivity contribution is 0.425. The first-order valence-electron chi connectivity index (χ1n) is 6.91. The number of nitrogens with zero attached hydrogens (tertiary/aromatic N) is 1. The number of rotatable bonds is 7. The van der Waals surface area contributed by atoms with Crippen molar-refractivity contribution in [3.8, 4) is 0 Å². The largest absolute Gasteiger partial charge is 0.465 e. The molecule has 0 atom stereocenters. The van der Waals surface area contributed by atoms with Crippen molar-refractivity contribution < 1.29 is 12.8 Å². The van der Waals surface area contributed by atoms with E-state index in [1.807, 2.05) is 0 Å². The van der Waals surface area contributed by atoms with E-state index in [-0.39, 0.29) is 0 Å². The Morgan fingerprint density at radius 2 is 1.85 bits per heavy atom. The first-order chi connectivity index (χ1) is 9.21. The van der Waals surface area contributed by atoms with Gasteiger partial charge < -0.3 is 9.73 Å². The van der Waals surface area contributed by atoms with Gasteiger partial charge in [0.15, 0.2) is 0 Å². The molecule has 116 valence electrons. The molecule has 0 saturated carbocycles. The molecule has 1 aromatic heterocycles. The molecule has 0 aromatic carbocycles. The summed E-state index contributed by atoms with van der Waals surface area (Å²) in [5, 5.41) is 3.00. The number of nitrogens with one attached hydrogen (secondary N) is 1. The normalized spacial score (nSPS) is 12.6. The predicted molar refractivity (Wildman–Crippen MR) is 80.2 cm³/mol. The lowest BCUT2D eigenvalue weighted by atomic mass is 10.1. The first kappa shape index (κ1) is 17.2. The van der Waals surface area contributed by atoms with Crippen molar-refractivity contribution in [2.75, 3.05) is 20.6 Å². The lowest BCUT2D eigenvalue weighted by Crippen LogP contribution is -2.30. The molecule has 0 aliphatic carbocycles. The Hall–Kier alpha value is -0.850. The van der Waals surface area contributed by atoms with Crippen LogP contribution in [0.1, 0.15) is 37.4 Å². The SMILES string of the molecule is CNCc1c(C)oc(C)c1S(=O)(=O)N(C)CCC(C)C. The van der Waals surface area contributed by atoms with Gasteiger partial charge in [-0.25, -0.2) is 12.7 Å². The molecule has 0 radical (unpaired) electrons. The van der Waals surface area contributed by atoms with E-state index < -0.39 is 10.0 Å². The molecule has 0 bridgehead atoms. The highest BCUT2D eigenvalue weighted by Crippen LogP contribution is 2.28. The van der Waals surface area contributed by atoms with E-state index in [2.05, 4.69) is 19.2 Å². The summed E-state index contributed by atoms with van der Waals surface area (Å²) >= 11 is 0. The van der Waals surface area contributed by atoms with Crippen molar-refractivity contribution in [1.82, 2.24) is 9.62 Å². The van der Waals surface area contributed by atoms with E-state index in [1.54, 1.807) is 27.9 Å². The minimum absolute atomic E-state index is 0.315. The standard InChI is InChI=1S/C14H26N2O3S/c1-10(2)7-8-16(6)20(17,18)14-12(4)19-11(3)13(14)9-15-5/h10,15H,7-9H2,1-6H3. The van der Waals surface area contributed by atoms with Gasteiger partial charge in [0.1, 0.15) is 16.4 Å². The minimum atomic E-state index is -3.50. The molecule has 0 fully saturated rings. The Morgan fingerprint density at radius 1 is 1.25 bits per heavy atom. The maximum absolute atomic E-state index is 12.7. The number of aryl methyl sites for hydroxylation is 2. The second-order valence-electron chi connectivity index (χ2n) is 5.56. The highest BCUT2D eigenvalue weighted by Gasteiger charge is 2.29. The van der Waals surface area contributed by atoms with Gasteiger partial charge in [-0.05, 0) is 33.2 Å². The Balaban J connectivity index is 3.15. The van der Waals surface area contributed by atoms with Gasteiger partial charge in [-0.2, -0.15) is 0 Å². The fraction of sp³-hybridized carbons (Fsp3) is 0.714. The van der Waals surface area contributed by atoms with Crippen LogP contribution < -0.4 is 5.32 Å². The van der Waals surface area contributed by atoms with Crippen LogP contribution in [0.15, 0.2) is 9.31 Å². The van der Waals surface area contributed by atoms with Crippen LogP contribution in [0, 0.1) is 19.8 Å². The highest BCUT2D eigenvalue weighted by molar-refractivity contribution is 7.89. The molecule has 1 aromatic rings. The molecule has 0 unspecified atom stereocenters. The summed E-state index contributed by atoms with van der Waals surface area (Å²) in [6, 6.07) is 0. The van der Waals surface area contributed by atoms with E-state index in [1.165, 1.54) is 4.31 Å². The third kappa shape index (κ3) is 3.62. The number of sulfonamides is 1. The molecule has 0 aliphatic heterocycles. The van der Waals surface area contributed by atoms with Crippen molar-refractivity contribution in [2.24, 2.45) is 5.92 Å². The molecule has 0 saturated heterocycles. The van der Waals surface area contributed by atoms with E-state index in [0.717, 1.165) is 12.0 Å². The summed E-state index contributed by atoms with van der Waals surface area (Å²) < 4.78 is 32.4. The van der Waals surface area contributed by atoms with E-state index in [0.29, 0.717) is 35.4 Å². The highest BCUT2D eigenvalue weighted by atomic mass is 32.2. The molecule has 1 rings (SSSR count). The molecule has 20 heavy (non-hydrogen) atoms. The van der Waals surface area contributed by atoms with Crippen LogP contribution in [0.3, 0.4) is 0 Å². The Labute approximate surface area is 122 Å². The van der Waals surface area contributed by atoms with Gasteiger partial charge in [0.25, 0.3) is 0 Å². The quantitative estimate of drug-likeness (QED) is 0.839. The van der Waals surface area contributed by atoms with Gasteiger partial charge in [0.05, 0.1) is 0 Å². The topological polar surface area (TPSA) is 62.6 Å². The molecular weight excluding hydrogens is 276 g/mol. The fourth-order valence-corrected chi connectivity index (χ4v) is 3.73. The van der Waals surface area contributed by atoms with Crippen LogP contribution in [-0.4, -0.2) is 33.4 Å². The van der Waals surface area contributed by atoms with Gasteiger partial charge in [-0.15, -0.1) is 0 Å². The Bertz CT molecular complexity index is 547. The van der Waals surface area contributed by atoms with Gasteiger partial charge in [-0.1, -0.05) is 13.8 Å². The van der Waals surface area contributed by atoms with Gasteiger partial charge in [0.2, 0.25) is 10.0 Å². The molecular formula is C14H26N2O3S. The number of hydrogen-bond donors (Lipinski definition) is 1. The molecule has 1 N–H and O–H groups in total. The van der Waals surface area contributed by atoms with Crippen molar-refractivity contribution >= 4 is 10.0 Å². The zero-order chi connectivity index (χ0) is 15.5. The first-order valence-corrected chi connectivity index (χ1v) is 8.35. The summed E-state index contributed by atoms with van der Waals surface area (Å²) in [5.41, 5.74) is 0.724. The van der Waals surface area contributed by atoms with Crippen molar-refractivity contribution in [2.45, 2.75) is 45.6 Å². The van der Waals surface area contributed by atoms with Gasteiger partial charge >= 0.3 is 0 Å². The summed E-state index contributed by atoms with van der Waals surface area (Å²) in [4.78, 5) is 0.315. The second-order valence-corrected chi connectivity index (χ2v) is 7.54. The molecule has 6 heteroatoms. The summed E-state index contributed by atoms with van der Waals surface area (Å²) in [6.07, 6.45) is 0.840. The smallest absolute Gasteiger partial charge is 0.246 e. The Morgan fingerprint density at radius 3 is 2.35 bits per heavy atom. The fourth-order valence-electron chi connectivity index (χ4n) is 2.14. The molecule has 0 aliphatic rings.